The quantitative estimate of drug-likeness (QED) is 0.287. The summed E-state index contributed by atoms with van der Waals surface area (Å²) >= 11 is 0. The molecule has 0 atom stereocenters. The molecule has 1 aromatic heterocycles. The molecule has 0 bridgehead atoms. The zero-order valence-corrected chi connectivity index (χ0v) is 20.9. The van der Waals surface area contributed by atoms with Crippen LogP contribution < -0.4 is 10.1 Å². The van der Waals surface area contributed by atoms with E-state index in [1.807, 2.05) is 0 Å². The number of nitrogens with one attached hydrogen (secondary N) is 1. The number of anilines is 1. The van der Waals surface area contributed by atoms with Crippen molar-refractivity contribution in [2.75, 3.05) is 18.5 Å². The summed E-state index contributed by atoms with van der Waals surface area (Å²) in [4.78, 5) is 17.0. The second-order valence-electron chi connectivity index (χ2n) is 9.12. The van der Waals surface area contributed by atoms with Gasteiger partial charge in [0.2, 0.25) is 0 Å². The predicted octanol–water partition coefficient (Wildman–Crippen LogP) is 7.16. The van der Waals surface area contributed by atoms with Gasteiger partial charge in [-0.05, 0) is 66.3 Å². The number of nitrogens with zero attached hydrogens (tertiary/aromatic N) is 1. The van der Waals surface area contributed by atoms with Gasteiger partial charge in [0.1, 0.15) is 6.61 Å². The molecule has 4 rings (SSSR count). The third-order valence-electron chi connectivity index (χ3n) is 6.44. The summed E-state index contributed by atoms with van der Waals surface area (Å²) in [5.41, 5.74) is 1.78. The molecule has 1 N–H and O–H groups in total. The number of allylic oxidation sites excluding steroid dienone is 2. The summed E-state index contributed by atoms with van der Waals surface area (Å²) in [6, 6.07) is 11.6. The highest BCUT2D eigenvalue weighted by atomic mass is 19.3. The van der Waals surface area contributed by atoms with Crippen molar-refractivity contribution >= 4 is 17.2 Å². The van der Waals surface area contributed by atoms with E-state index >= 15 is 8.78 Å². The van der Waals surface area contributed by atoms with Crippen LogP contribution in [-0.4, -0.2) is 24.1 Å². The van der Waals surface area contributed by atoms with Crippen LogP contribution in [0.5, 0.6) is 5.75 Å². The van der Waals surface area contributed by atoms with Gasteiger partial charge in [0.15, 0.2) is 11.6 Å². The van der Waals surface area contributed by atoms with Gasteiger partial charge in [-0.25, -0.2) is 13.2 Å². The highest BCUT2D eigenvalue weighted by molar-refractivity contribution is 6.04. The summed E-state index contributed by atoms with van der Waals surface area (Å²) in [5.74, 6) is -4.51. The van der Waals surface area contributed by atoms with Crippen LogP contribution in [0, 0.1) is 11.7 Å². The smallest absolute Gasteiger partial charge is 0.277 e. The molecule has 2 heterocycles. The van der Waals surface area contributed by atoms with E-state index in [4.69, 9.17) is 9.47 Å². The molecular formula is C30H29F3N2O3. The first kappa shape index (κ1) is 27.1. The Balaban J connectivity index is 1.56. The van der Waals surface area contributed by atoms with Gasteiger partial charge in [0.05, 0.1) is 0 Å². The van der Waals surface area contributed by atoms with Gasteiger partial charge in [0.25, 0.3) is 11.8 Å². The van der Waals surface area contributed by atoms with Gasteiger partial charge in [-0.2, -0.15) is 0 Å². The van der Waals surface area contributed by atoms with E-state index in [0.29, 0.717) is 37.2 Å². The number of benzene rings is 2. The largest absolute Gasteiger partial charge is 0.486 e. The fourth-order valence-corrected chi connectivity index (χ4v) is 4.36. The number of amides is 1. The van der Waals surface area contributed by atoms with Crippen LogP contribution in [0.15, 0.2) is 80.2 Å². The molecule has 1 amide bonds. The molecule has 198 valence electrons. The Morgan fingerprint density at radius 1 is 1.18 bits per heavy atom. The number of alkyl halides is 2. The van der Waals surface area contributed by atoms with Gasteiger partial charge >= 0.3 is 0 Å². The standard InChI is InChI=1S/C30H29F3N2O3/c1-3-12-30(32,33)26-17-24(7-8-25(26)20(2)22-10-14-37-15-11-22)35-29(36)23-6-9-27(31)28(16-23)38-19-21-5-4-13-34-18-21/h3-9,13,16-18,22H,1-2,10-12,14-15,19H2,(H,35,36). The van der Waals surface area contributed by atoms with Gasteiger partial charge in [-0.1, -0.05) is 24.8 Å². The van der Waals surface area contributed by atoms with Crippen molar-refractivity contribution in [3.8, 4) is 5.75 Å². The van der Waals surface area contributed by atoms with Crippen LogP contribution in [0.2, 0.25) is 0 Å². The number of halogens is 3. The van der Waals surface area contributed by atoms with Crippen molar-refractivity contribution in [3.63, 3.8) is 0 Å². The first-order valence-electron chi connectivity index (χ1n) is 12.3. The van der Waals surface area contributed by atoms with Crippen molar-refractivity contribution in [1.82, 2.24) is 4.98 Å². The minimum Gasteiger partial charge on any atom is -0.486 e. The first-order chi connectivity index (χ1) is 18.3. The van der Waals surface area contributed by atoms with E-state index in [1.54, 1.807) is 36.7 Å². The monoisotopic (exact) mass is 522 g/mol. The lowest BCUT2D eigenvalue weighted by molar-refractivity contribution is -0.00118. The number of aromatic nitrogens is 1. The summed E-state index contributed by atoms with van der Waals surface area (Å²) in [7, 11) is 0. The van der Waals surface area contributed by atoms with Crippen LogP contribution in [0.25, 0.3) is 5.57 Å². The maximum atomic E-state index is 15.2. The Bertz CT molecular complexity index is 1310. The van der Waals surface area contributed by atoms with Crippen molar-refractivity contribution in [2.24, 2.45) is 5.92 Å². The van der Waals surface area contributed by atoms with Crippen LogP contribution in [0.3, 0.4) is 0 Å². The van der Waals surface area contributed by atoms with Gasteiger partial charge in [-0.3, -0.25) is 9.78 Å². The lowest BCUT2D eigenvalue weighted by Gasteiger charge is -2.27. The Morgan fingerprint density at radius 2 is 1.97 bits per heavy atom. The number of carbonyl (C=O) groups is 1. The van der Waals surface area contributed by atoms with E-state index in [1.165, 1.54) is 18.2 Å². The number of carbonyl (C=O) groups excluding carboxylic acids is 1. The highest BCUT2D eigenvalue weighted by Crippen LogP contribution is 2.41. The number of rotatable bonds is 10. The molecule has 8 heteroatoms. The molecule has 2 aromatic carbocycles. The molecule has 38 heavy (non-hydrogen) atoms. The molecule has 0 unspecified atom stereocenters. The highest BCUT2D eigenvalue weighted by Gasteiger charge is 2.34. The number of hydrogen-bond donors (Lipinski definition) is 1. The van der Waals surface area contributed by atoms with Gasteiger partial charge in [-0.15, -0.1) is 6.58 Å². The van der Waals surface area contributed by atoms with Crippen molar-refractivity contribution in [3.05, 3.63) is 108 Å². The predicted molar refractivity (Wildman–Crippen MR) is 141 cm³/mol. The van der Waals surface area contributed by atoms with Gasteiger partial charge < -0.3 is 14.8 Å². The SMILES string of the molecule is C=CCC(F)(F)c1cc(NC(=O)c2ccc(F)c(OCc3cccnc3)c2)ccc1C(=C)C1CCOCC1. The first-order valence-corrected chi connectivity index (χ1v) is 12.3. The summed E-state index contributed by atoms with van der Waals surface area (Å²) in [6.45, 7) is 8.76. The molecule has 1 fully saturated rings. The van der Waals surface area contributed by atoms with E-state index < -0.39 is 24.1 Å². The normalized spacial score (nSPS) is 14.1. The molecule has 0 spiro atoms. The summed E-state index contributed by atoms with van der Waals surface area (Å²) in [6.07, 6.45) is 5.22. The average Bonchev–Trinajstić information content (AvgIpc) is 2.93. The molecular weight excluding hydrogens is 493 g/mol. The Kier molecular flexibility index (Phi) is 8.63. The maximum Gasteiger partial charge on any atom is 0.277 e. The minimum absolute atomic E-state index is 0.0341. The van der Waals surface area contributed by atoms with E-state index in [0.717, 1.165) is 17.7 Å². The molecule has 0 radical (unpaired) electrons. The second-order valence-corrected chi connectivity index (χ2v) is 9.12. The number of pyridine rings is 1. The number of ether oxygens (including phenoxy) is 2. The molecule has 5 nitrogen and oxygen atoms in total. The van der Waals surface area contributed by atoms with E-state index in [2.05, 4.69) is 23.5 Å². The van der Waals surface area contributed by atoms with Crippen LogP contribution in [0.1, 0.15) is 46.3 Å². The van der Waals surface area contributed by atoms with Crippen molar-refractivity contribution in [2.45, 2.75) is 31.8 Å². The zero-order valence-electron chi connectivity index (χ0n) is 20.9. The van der Waals surface area contributed by atoms with Crippen molar-refractivity contribution in [1.29, 1.82) is 0 Å². The Hall–Kier alpha value is -3.91. The van der Waals surface area contributed by atoms with E-state index in [9.17, 15) is 9.18 Å². The summed E-state index contributed by atoms with van der Waals surface area (Å²) in [5, 5.41) is 2.64. The molecule has 1 saturated heterocycles. The summed E-state index contributed by atoms with van der Waals surface area (Å²) < 4.78 is 55.6. The Morgan fingerprint density at radius 3 is 2.68 bits per heavy atom. The Labute approximate surface area is 220 Å². The second kappa shape index (κ2) is 12.1. The van der Waals surface area contributed by atoms with Gasteiger partial charge in [0, 0.05) is 54.4 Å². The lowest BCUT2D eigenvalue weighted by atomic mass is 9.84. The zero-order chi connectivity index (χ0) is 27.1. The van der Waals surface area contributed by atoms with E-state index in [-0.39, 0.29) is 35.1 Å². The van der Waals surface area contributed by atoms with Crippen LogP contribution >= 0.6 is 0 Å². The molecule has 3 aromatic rings. The molecule has 0 saturated carbocycles. The van der Waals surface area contributed by atoms with Crippen LogP contribution in [-0.2, 0) is 17.3 Å². The number of hydrogen-bond acceptors (Lipinski definition) is 4. The van der Waals surface area contributed by atoms with Crippen molar-refractivity contribution < 1.29 is 27.4 Å². The lowest BCUT2D eigenvalue weighted by Crippen LogP contribution is -2.20. The topological polar surface area (TPSA) is 60.5 Å². The average molecular weight is 523 g/mol. The molecule has 1 aliphatic rings. The minimum atomic E-state index is -3.21. The fraction of sp³-hybridized carbons (Fsp3) is 0.267. The van der Waals surface area contributed by atoms with Crippen LogP contribution in [0.4, 0.5) is 18.9 Å². The third kappa shape index (κ3) is 6.50. The molecule has 0 aliphatic carbocycles. The maximum absolute atomic E-state index is 15.2. The third-order valence-corrected chi connectivity index (χ3v) is 6.44. The molecule has 1 aliphatic heterocycles. The fourth-order valence-electron chi connectivity index (χ4n) is 4.36.